The number of fused-ring (bicyclic) bond motifs is 1. The third-order valence-corrected chi connectivity index (χ3v) is 5.91. The molecule has 0 saturated carbocycles. The van der Waals surface area contributed by atoms with E-state index in [9.17, 15) is 27.2 Å². The number of hydrogen-bond acceptors (Lipinski definition) is 4. The highest BCUT2D eigenvalue weighted by Crippen LogP contribution is 2.33. The summed E-state index contributed by atoms with van der Waals surface area (Å²) in [6.45, 7) is 4.39. The zero-order chi connectivity index (χ0) is 25.5. The van der Waals surface area contributed by atoms with Gasteiger partial charge >= 0.3 is 12.1 Å². The number of aryl methyl sites for hydroxylation is 1. The fourth-order valence-electron chi connectivity index (χ4n) is 4.18. The second kappa shape index (κ2) is 9.05. The Morgan fingerprint density at radius 3 is 2.57 bits per heavy atom. The van der Waals surface area contributed by atoms with E-state index in [1.807, 2.05) is 0 Å². The Morgan fingerprint density at radius 1 is 1.17 bits per heavy atom. The van der Waals surface area contributed by atoms with Crippen LogP contribution in [0.15, 0.2) is 42.5 Å². The molecule has 35 heavy (non-hydrogen) atoms. The molecule has 1 amide bonds. The molecule has 3 aromatic rings. The molecule has 0 aliphatic carbocycles. The van der Waals surface area contributed by atoms with Crippen molar-refractivity contribution in [2.75, 3.05) is 11.4 Å². The molecule has 7 nitrogen and oxygen atoms in total. The number of nitrogens with zero attached hydrogens (tertiary/aromatic N) is 3. The van der Waals surface area contributed by atoms with Gasteiger partial charge in [-0.3, -0.25) is 4.79 Å². The number of benzene rings is 2. The first kappa shape index (κ1) is 24.2. The van der Waals surface area contributed by atoms with Crippen LogP contribution in [0, 0.1) is 12.7 Å². The van der Waals surface area contributed by atoms with Gasteiger partial charge in [0.1, 0.15) is 17.2 Å². The van der Waals surface area contributed by atoms with E-state index in [2.05, 4.69) is 10.4 Å². The average molecular weight is 490 g/mol. The zero-order valence-electron chi connectivity index (χ0n) is 18.9. The van der Waals surface area contributed by atoms with E-state index >= 15 is 0 Å². The summed E-state index contributed by atoms with van der Waals surface area (Å²) >= 11 is 0. The molecule has 1 aliphatic heterocycles. The van der Waals surface area contributed by atoms with Crippen LogP contribution in [0.2, 0.25) is 0 Å². The van der Waals surface area contributed by atoms with Crippen LogP contribution < -0.4 is 10.2 Å². The lowest BCUT2D eigenvalue weighted by Gasteiger charge is -2.21. The monoisotopic (exact) mass is 490 g/mol. The summed E-state index contributed by atoms with van der Waals surface area (Å²) in [7, 11) is 0. The molecule has 0 saturated heterocycles. The summed E-state index contributed by atoms with van der Waals surface area (Å²) in [5.74, 6) is -2.28. The van der Waals surface area contributed by atoms with Gasteiger partial charge in [-0.2, -0.15) is 18.3 Å². The highest BCUT2D eigenvalue weighted by atomic mass is 19.4. The van der Waals surface area contributed by atoms with Gasteiger partial charge in [0.15, 0.2) is 0 Å². The maximum absolute atomic E-state index is 14.1. The average Bonchev–Trinajstić information content (AvgIpc) is 3.30. The van der Waals surface area contributed by atoms with Crippen LogP contribution in [0.3, 0.4) is 0 Å². The minimum Gasteiger partial charge on any atom is -0.478 e. The third-order valence-electron chi connectivity index (χ3n) is 5.91. The van der Waals surface area contributed by atoms with Gasteiger partial charge in [-0.05, 0) is 49.2 Å². The Bertz CT molecular complexity index is 1300. The number of amides is 1. The van der Waals surface area contributed by atoms with Gasteiger partial charge in [0.2, 0.25) is 0 Å². The molecule has 0 spiro atoms. The second-order valence-corrected chi connectivity index (χ2v) is 8.37. The first-order valence-electron chi connectivity index (χ1n) is 10.8. The predicted octanol–water partition coefficient (Wildman–Crippen LogP) is 4.56. The van der Waals surface area contributed by atoms with E-state index in [1.54, 1.807) is 29.5 Å². The largest absolute Gasteiger partial charge is 0.478 e. The van der Waals surface area contributed by atoms with Crippen molar-refractivity contribution in [1.82, 2.24) is 15.1 Å². The maximum atomic E-state index is 14.1. The quantitative estimate of drug-likeness (QED) is 0.495. The molecule has 1 atom stereocenters. The SMILES string of the molecule is Cc1nn2c(c1C(=O)N[C@@H](C)c1ccc(C(=O)O)c(F)c1)N(Cc1cccc(C(F)(F)F)c1)CC2. The van der Waals surface area contributed by atoms with Crippen molar-refractivity contribution in [3.05, 3.63) is 81.8 Å². The van der Waals surface area contributed by atoms with Crippen molar-refractivity contribution in [2.45, 2.75) is 39.2 Å². The van der Waals surface area contributed by atoms with Crippen molar-refractivity contribution in [2.24, 2.45) is 0 Å². The molecule has 4 rings (SSSR count). The minimum absolute atomic E-state index is 0.159. The number of anilines is 1. The molecule has 2 aromatic carbocycles. The lowest BCUT2D eigenvalue weighted by atomic mass is 10.0. The first-order chi connectivity index (χ1) is 16.5. The Kier molecular flexibility index (Phi) is 6.27. The zero-order valence-corrected chi connectivity index (χ0v) is 18.9. The normalized spacial score (nSPS) is 14.1. The van der Waals surface area contributed by atoms with Gasteiger partial charge in [-0.1, -0.05) is 18.2 Å². The van der Waals surface area contributed by atoms with E-state index in [0.29, 0.717) is 35.7 Å². The number of nitrogens with one attached hydrogen (secondary N) is 1. The van der Waals surface area contributed by atoms with E-state index in [-0.39, 0.29) is 12.1 Å². The van der Waals surface area contributed by atoms with Gasteiger partial charge in [0.05, 0.1) is 29.4 Å². The van der Waals surface area contributed by atoms with Crippen LogP contribution in [0.5, 0.6) is 0 Å². The Balaban J connectivity index is 1.56. The van der Waals surface area contributed by atoms with E-state index < -0.39 is 41.0 Å². The summed E-state index contributed by atoms with van der Waals surface area (Å²) in [5, 5.41) is 16.2. The second-order valence-electron chi connectivity index (χ2n) is 8.37. The summed E-state index contributed by atoms with van der Waals surface area (Å²) in [4.78, 5) is 26.0. The van der Waals surface area contributed by atoms with Crippen LogP contribution in [-0.2, 0) is 19.3 Å². The summed E-state index contributed by atoms with van der Waals surface area (Å²) < 4.78 is 55.1. The molecular formula is C24H22F4N4O3. The number of rotatable bonds is 6. The molecule has 2 N–H and O–H groups in total. The van der Waals surface area contributed by atoms with Gasteiger partial charge in [0, 0.05) is 13.1 Å². The molecule has 0 unspecified atom stereocenters. The standard InChI is InChI=1S/C24H22F4N4O3/c1-13(16-6-7-18(23(34)35)19(25)11-16)29-21(33)20-14(2)30-32-9-8-31(22(20)32)12-15-4-3-5-17(10-15)24(26,27)28/h3-7,10-11,13H,8-9,12H2,1-2H3,(H,29,33)(H,34,35)/t13-/m0/s1. The van der Waals surface area contributed by atoms with Gasteiger partial charge in [-0.15, -0.1) is 0 Å². The smallest absolute Gasteiger partial charge is 0.416 e. The fraction of sp³-hybridized carbons (Fsp3) is 0.292. The number of halogens is 4. The Hall–Kier alpha value is -3.89. The predicted molar refractivity (Wildman–Crippen MR) is 119 cm³/mol. The lowest BCUT2D eigenvalue weighted by molar-refractivity contribution is -0.137. The first-order valence-corrected chi connectivity index (χ1v) is 10.8. The molecule has 1 aliphatic rings. The topological polar surface area (TPSA) is 87.5 Å². The van der Waals surface area contributed by atoms with E-state index in [0.717, 1.165) is 24.3 Å². The number of carbonyl (C=O) groups excluding carboxylic acids is 1. The van der Waals surface area contributed by atoms with Crippen molar-refractivity contribution in [3.8, 4) is 0 Å². The molecule has 184 valence electrons. The summed E-state index contributed by atoms with van der Waals surface area (Å²) in [5.41, 5.74) is 0.341. The van der Waals surface area contributed by atoms with Crippen molar-refractivity contribution >= 4 is 17.7 Å². The number of aromatic carboxylic acids is 1. The third kappa shape index (κ3) is 4.84. The number of carboxylic acids is 1. The number of alkyl halides is 3. The van der Waals surface area contributed by atoms with Crippen LogP contribution in [-0.4, -0.2) is 33.3 Å². The Labute approximate surface area is 198 Å². The number of carboxylic acid groups (broad SMARTS) is 1. The Morgan fingerprint density at radius 2 is 1.91 bits per heavy atom. The molecule has 2 heterocycles. The van der Waals surface area contributed by atoms with Crippen molar-refractivity contribution in [3.63, 3.8) is 0 Å². The van der Waals surface area contributed by atoms with Crippen LogP contribution in [0.4, 0.5) is 23.4 Å². The number of aromatic nitrogens is 2. The maximum Gasteiger partial charge on any atom is 0.416 e. The van der Waals surface area contributed by atoms with E-state index in [1.165, 1.54) is 12.1 Å². The van der Waals surface area contributed by atoms with Gasteiger partial charge in [0.25, 0.3) is 5.91 Å². The van der Waals surface area contributed by atoms with Gasteiger partial charge < -0.3 is 15.3 Å². The molecule has 0 bridgehead atoms. The molecular weight excluding hydrogens is 468 g/mol. The summed E-state index contributed by atoms with van der Waals surface area (Å²) in [6.07, 6.45) is -4.46. The summed E-state index contributed by atoms with van der Waals surface area (Å²) in [6, 6.07) is 8.01. The van der Waals surface area contributed by atoms with Crippen molar-refractivity contribution in [1.29, 1.82) is 0 Å². The minimum atomic E-state index is -4.46. The molecule has 1 aromatic heterocycles. The molecule has 0 radical (unpaired) electrons. The number of hydrogen-bond donors (Lipinski definition) is 2. The van der Waals surface area contributed by atoms with Crippen LogP contribution >= 0.6 is 0 Å². The molecule has 0 fully saturated rings. The van der Waals surface area contributed by atoms with Crippen LogP contribution in [0.1, 0.15) is 56.1 Å². The fourth-order valence-corrected chi connectivity index (χ4v) is 4.18. The highest BCUT2D eigenvalue weighted by Gasteiger charge is 2.33. The highest BCUT2D eigenvalue weighted by molar-refractivity contribution is 6.00. The van der Waals surface area contributed by atoms with Gasteiger partial charge in [-0.25, -0.2) is 13.9 Å². The lowest BCUT2D eigenvalue weighted by Crippen LogP contribution is -2.29. The van der Waals surface area contributed by atoms with Crippen LogP contribution in [0.25, 0.3) is 0 Å². The molecule has 11 heteroatoms. The van der Waals surface area contributed by atoms with E-state index in [4.69, 9.17) is 5.11 Å². The van der Waals surface area contributed by atoms with Crippen molar-refractivity contribution < 1.29 is 32.3 Å². The number of carbonyl (C=O) groups is 2.